The lowest BCUT2D eigenvalue weighted by molar-refractivity contribution is -0.134. The number of carbonyl (C=O) groups is 2. The molecule has 1 heterocycles. The highest BCUT2D eigenvalue weighted by Gasteiger charge is 2.34. The Bertz CT molecular complexity index is 1040. The minimum Gasteiger partial charge on any atom is -0.497 e. The Hall–Kier alpha value is -3.09. The molecule has 0 bridgehead atoms. The SMILES string of the molecule is CCN(C(=O)C(CCC1CCCCC1)NC(=O)c1cccc(OC)c1)N1CCc2cccc(F)c21. The number of nitrogens with one attached hydrogen (secondary N) is 1. The first kappa shape index (κ1) is 25.0. The van der Waals surface area contributed by atoms with Crippen molar-refractivity contribution >= 4 is 17.5 Å². The van der Waals surface area contributed by atoms with Crippen LogP contribution < -0.4 is 15.1 Å². The quantitative estimate of drug-likeness (QED) is 0.540. The Labute approximate surface area is 207 Å². The van der Waals surface area contributed by atoms with Crippen molar-refractivity contribution in [3.05, 3.63) is 59.4 Å². The fraction of sp³-hybridized carbons (Fsp3) is 0.500. The van der Waals surface area contributed by atoms with E-state index >= 15 is 0 Å². The van der Waals surface area contributed by atoms with Crippen LogP contribution in [0.2, 0.25) is 0 Å². The van der Waals surface area contributed by atoms with Gasteiger partial charge in [-0.1, -0.05) is 50.3 Å². The molecule has 0 saturated heterocycles. The maximum absolute atomic E-state index is 14.7. The number of hydrogen-bond acceptors (Lipinski definition) is 4. The van der Waals surface area contributed by atoms with Crippen LogP contribution in [0.3, 0.4) is 0 Å². The third-order valence-corrected chi connectivity index (χ3v) is 7.29. The highest BCUT2D eigenvalue weighted by atomic mass is 19.1. The van der Waals surface area contributed by atoms with Crippen molar-refractivity contribution < 1.29 is 18.7 Å². The molecule has 1 aliphatic carbocycles. The van der Waals surface area contributed by atoms with Crippen LogP contribution in [0.25, 0.3) is 0 Å². The first-order valence-corrected chi connectivity index (χ1v) is 12.8. The Morgan fingerprint density at radius 3 is 2.69 bits per heavy atom. The summed E-state index contributed by atoms with van der Waals surface area (Å²) in [6.07, 6.45) is 8.20. The molecule has 1 atom stereocenters. The van der Waals surface area contributed by atoms with Gasteiger partial charge < -0.3 is 10.1 Å². The van der Waals surface area contributed by atoms with Crippen molar-refractivity contribution in [1.82, 2.24) is 10.3 Å². The van der Waals surface area contributed by atoms with Crippen molar-refractivity contribution in [2.24, 2.45) is 5.92 Å². The monoisotopic (exact) mass is 481 g/mol. The predicted molar refractivity (Wildman–Crippen MR) is 135 cm³/mol. The fourth-order valence-electron chi connectivity index (χ4n) is 5.40. The van der Waals surface area contributed by atoms with Crippen LogP contribution in [0.15, 0.2) is 42.5 Å². The molecular formula is C28H36FN3O3. The second-order valence-electron chi connectivity index (χ2n) is 9.51. The molecule has 6 nitrogen and oxygen atoms in total. The summed E-state index contributed by atoms with van der Waals surface area (Å²) in [7, 11) is 1.56. The van der Waals surface area contributed by atoms with E-state index in [1.54, 1.807) is 47.5 Å². The number of anilines is 1. The van der Waals surface area contributed by atoms with E-state index in [0.717, 1.165) is 12.0 Å². The minimum atomic E-state index is -0.689. The lowest BCUT2D eigenvalue weighted by atomic mass is 9.85. The highest BCUT2D eigenvalue weighted by Crippen LogP contribution is 2.33. The van der Waals surface area contributed by atoms with Crippen molar-refractivity contribution in [2.75, 3.05) is 25.2 Å². The number of hydrogen-bond donors (Lipinski definition) is 1. The molecule has 2 amide bonds. The van der Waals surface area contributed by atoms with E-state index in [2.05, 4.69) is 5.32 Å². The molecule has 0 radical (unpaired) electrons. The normalized spacial score (nSPS) is 16.5. The third-order valence-electron chi connectivity index (χ3n) is 7.29. The van der Waals surface area contributed by atoms with E-state index in [9.17, 15) is 14.0 Å². The van der Waals surface area contributed by atoms with Crippen molar-refractivity contribution in [3.63, 3.8) is 0 Å². The van der Waals surface area contributed by atoms with Gasteiger partial charge in [0.2, 0.25) is 0 Å². The average molecular weight is 482 g/mol. The van der Waals surface area contributed by atoms with Gasteiger partial charge in [-0.05, 0) is 61.9 Å². The zero-order valence-corrected chi connectivity index (χ0v) is 20.8. The summed E-state index contributed by atoms with van der Waals surface area (Å²) in [5, 5.41) is 6.35. The van der Waals surface area contributed by atoms with E-state index < -0.39 is 6.04 Å². The van der Waals surface area contributed by atoms with Gasteiger partial charge in [-0.3, -0.25) is 19.6 Å². The minimum absolute atomic E-state index is 0.198. The average Bonchev–Trinajstić information content (AvgIpc) is 3.32. The van der Waals surface area contributed by atoms with Gasteiger partial charge in [-0.15, -0.1) is 0 Å². The van der Waals surface area contributed by atoms with Crippen molar-refractivity contribution in [3.8, 4) is 5.75 Å². The number of ether oxygens (including phenoxy) is 1. The van der Waals surface area contributed by atoms with Crippen LogP contribution in [0.5, 0.6) is 5.75 Å². The summed E-state index contributed by atoms with van der Waals surface area (Å²) in [5.74, 6) is 0.325. The molecule has 1 aliphatic heterocycles. The van der Waals surface area contributed by atoms with Gasteiger partial charge in [0.1, 0.15) is 17.6 Å². The maximum atomic E-state index is 14.7. The largest absolute Gasteiger partial charge is 0.497 e. The second kappa shape index (κ2) is 11.6. The van der Waals surface area contributed by atoms with Crippen LogP contribution in [0, 0.1) is 11.7 Å². The number of carbonyl (C=O) groups excluding carboxylic acids is 2. The number of halogens is 1. The molecular weight excluding hydrogens is 445 g/mol. The van der Waals surface area contributed by atoms with Gasteiger partial charge >= 0.3 is 0 Å². The summed E-state index contributed by atoms with van der Waals surface area (Å²) >= 11 is 0. The van der Waals surface area contributed by atoms with Crippen LogP contribution in [0.1, 0.15) is 67.8 Å². The molecule has 0 spiro atoms. The molecule has 4 rings (SSSR count). The zero-order valence-electron chi connectivity index (χ0n) is 20.8. The van der Waals surface area contributed by atoms with Gasteiger partial charge in [0.25, 0.3) is 11.8 Å². The lowest BCUT2D eigenvalue weighted by Crippen LogP contribution is -2.55. The van der Waals surface area contributed by atoms with Crippen molar-refractivity contribution in [2.45, 2.75) is 64.3 Å². The molecule has 35 heavy (non-hydrogen) atoms. The first-order chi connectivity index (χ1) is 17.0. The van der Waals surface area contributed by atoms with Crippen LogP contribution in [-0.4, -0.2) is 43.1 Å². The summed E-state index contributed by atoms with van der Waals surface area (Å²) in [6, 6.07) is 11.3. The van der Waals surface area contributed by atoms with E-state index in [4.69, 9.17) is 4.74 Å². The Balaban J connectivity index is 1.55. The van der Waals surface area contributed by atoms with E-state index in [1.807, 2.05) is 13.0 Å². The third kappa shape index (κ3) is 5.77. The number of amides is 2. The second-order valence-corrected chi connectivity index (χ2v) is 9.51. The molecule has 0 aromatic heterocycles. The summed E-state index contributed by atoms with van der Waals surface area (Å²) in [4.78, 5) is 27.0. The number of rotatable bonds is 9. The first-order valence-electron chi connectivity index (χ1n) is 12.8. The maximum Gasteiger partial charge on any atom is 0.263 e. The number of nitrogens with zero attached hydrogens (tertiary/aromatic N) is 2. The highest BCUT2D eigenvalue weighted by molar-refractivity contribution is 5.98. The molecule has 1 unspecified atom stereocenters. The van der Waals surface area contributed by atoms with Gasteiger partial charge in [-0.2, -0.15) is 0 Å². The summed E-state index contributed by atoms with van der Waals surface area (Å²) in [5.41, 5.74) is 1.81. The standard InChI is InChI=1S/C28H36FN3O3/c1-3-31(32-18-17-21-11-8-14-24(29)26(21)32)28(34)25(16-15-20-9-5-4-6-10-20)30-27(33)22-12-7-13-23(19-22)35-2/h7-8,11-14,19-20,25H,3-6,9-10,15-18H2,1-2H3,(H,30,33). The van der Waals surface area contributed by atoms with Gasteiger partial charge in [0, 0.05) is 18.7 Å². The van der Waals surface area contributed by atoms with Gasteiger partial charge in [0.05, 0.1) is 12.8 Å². The van der Waals surface area contributed by atoms with Crippen LogP contribution >= 0.6 is 0 Å². The Morgan fingerprint density at radius 2 is 1.94 bits per heavy atom. The molecule has 2 aliphatic rings. The number of fused-ring (bicyclic) bond motifs is 1. The summed E-state index contributed by atoms with van der Waals surface area (Å²) < 4.78 is 20.0. The van der Waals surface area contributed by atoms with Gasteiger partial charge in [-0.25, -0.2) is 4.39 Å². The Morgan fingerprint density at radius 1 is 1.17 bits per heavy atom. The molecule has 2 aromatic carbocycles. The Kier molecular flexibility index (Phi) is 8.26. The smallest absolute Gasteiger partial charge is 0.263 e. The number of methoxy groups -OCH3 is 1. The number of benzene rings is 2. The predicted octanol–water partition coefficient (Wildman–Crippen LogP) is 5.12. The molecule has 188 valence electrons. The summed E-state index contributed by atoms with van der Waals surface area (Å²) in [6.45, 7) is 2.81. The molecule has 1 N–H and O–H groups in total. The topological polar surface area (TPSA) is 61.9 Å². The van der Waals surface area contributed by atoms with E-state index in [1.165, 1.54) is 38.2 Å². The fourth-order valence-corrected chi connectivity index (χ4v) is 5.40. The van der Waals surface area contributed by atoms with Crippen molar-refractivity contribution in [1.29, 1.82) is 0 Å². The zero-order chi connectivity index (χ0) is 24.8. The van der Waals surface area contributed by atoms with Crippen LogP contribution in [-0.2, 0) is 11.2 Å². The molecule has 7 heteroatoms. The lowest BCUT2D eigenvalue weighted by Gasteiger charge is -2.36. The van der Waals surface area contributed by atoms with Gasteiger partial charge in [0.15, 0.2) is 0 Å². The van der Waals surface area contributed by atoms with Crippen LogP contribution in [0.4, 0.5) is 10.1 Å². The van der Waals surface area contributed by atoms with E-state index in [-0.39, 0.29) is 17.6 Å². The van der Waals surface area contributed by atoms with E-state index in [0.29, 0.717) is 48.8 Å². The molecule has 2 aromatic rings. The number of hydrazine groups is 1. The molecule has 1 fully saturated rings. The number of likely N-dealkylation sites (N-methyl/N-ethyl adjacent to an activating group) is 1. The number of para-hydroxylation sites is 1. The molecule has 1 saturated carbocycles.